The van der Waals surface area contributed by atoms with Crippen molar-refractivity contribution >= 4 is 11.8 Å². The van der Waals surface area contributed by atoms with Crippen LogP contribution in [0.3, 0.4) is 0 Å². The van der Waals surface area contributed by atoms with Gasteiger partial charge in [0.2, 0.25) is 11.8 Å². The van der Waals surface area contributed by atoms with Crippen LogP contribution in [-0.2, 0) is 21.5 Å². The summed E-state index contributed by atoms with van der Waals surface area (Å²) in [7, 11) is 3.38. The third kappa shape index (κ3) is 2.14. The molecule has 1 aromatic carbocycles. The summed E-state index contributed by atoms with van der Waals surface area (Å²) in [6.45, 7) is 2.93. The zero-order valence-electron chi connectivity index (χ0n) is 15.2. The number of amides is 2. The van der Waals surface area contributed by atoms with Gasteiger partial charge in [-0.3, -0.25) is 9.59 Å². The monoisotopic (exact) mass is 342 g/mol. The third-order valence-corrected chi connectivity index (χ3v) is 6.63. The first-order valence-corrected chi connectivity index (χ1v) is 9.22. The fourth-order valence-corrected chi connectivity index (χ4v) is 5.73. The van der Waals surface area contributed by atoms with E-state index in [4.69, 9.17) is 4.74 Å². The fourth-order valence-electron chi connectivity index (χ4n) is 5.73. The van der Waals surface area contributed by atoms with Gasteiger partial charge in [-0.15, -0.1) is 0 Å². The van der Waals surface area contributed by atoms with Crippen LogP contribution in [0.25, 0.3) is 0 Å². The Bertz CT molecular complexity index is 732. The van der Waals surface area contributed by atoms with Gasteiger partial charge < -0.3 is 15.0 Å². The van der Waals surface area contributed by atoms with E-state index in [0.29, 0.717) is 6.42 Å². The Morgan fingerprint density at radius 3 is 2.92 bits per heavy atom. The van der Waals surface area contributed by atoms with Gasteiger partial charge >= 0.3 is 0 Å². The van der Waals surface area contributed by atoms with Gasteiger partial charge in [0.05, 0.1) is 12.6 Å². The lowest BCUT2D eigenvalue weighted by Gasteiger charge is -2.39. The summed E-state index contributed by atoms with van der Waals surface area (Å²) in [5.41, 5.74) is 2.18. The molecule has 0 aromatic heterocycles. The van der Waals surface area contributed by atoms with Crippen molar-refractivity contribution in [3.8, 4) is 5.75 Å². The average molecular weight is 342 g/mol. The topological polar surface area (TPSA) is 58.6 Å². The first kappa shape index (κ1) is 16.4. The lowest BCUT2D eigenvalue weighted by atomic mass is 9.76. The second-order valence-electron chi connectivity index (χ2n) is 7.73. The number of aryl methyl sites for hydroxylation is 1. The Morgan fingerprint density at radius 2 is 2.20 bits per heavy atom. The van der Waals surface area contributed by atoms with E-state index in [0.717, 1.165) is 31.6 Å². The number of hydrogen-bond donors (Lipinski definition) is 1. The van der Waals surface area contributed by atoms with Gasteiger partial charge in [0.15, 0.2) is 0 Å². The maximum Gasteiger partial charge on any atom is 0.223 e. The number of methoxy groups -OCH3 is 1. The SMILES string of the molecule is CNC(=O)C1C(C)CC23c4ccc(OC)cc4CCCN2C(=O)CC13. The van der Waals surface area contributed by atoms with E-state index in [1.165, 1.54) is 11.1 Å². The van der Waals surface area contributed by atoms with Crippen molar-refractivity contribution < 1.29 is 14.3 Å². The van der Waals surface area contributed by atoms with Gasteiger partial charge in [-0.1, -0.05) is 13.0 Å². The van der Waals surface area contributed by atoms with Crippen LogP contribution in [0, 0.1) is 17.8 Å². The molecule has 2 amide bonds. The highest BCUT2D eigenvalue weighted by Gasteiger charge is 2.64. The van der Waals surface area contributed by atoms with Crippen LogP contribution < -0.4 is 10.1 Å². The summed E-state index contributed by atoms with van der Waals surface area (Å²) in [6, 6.07) is 6.25. The first-order valence-electron chi connectivity index (χ1n) is 9.22. The van der Waals surface area contributed by atoms with Crippen molar-refractivity contribution in [2.24, 2.45) is 17.8 Å². The second kappa shape index (κ2) is 5.75. The maximum absolute atomic E-state index is 12.8. The van der Waals surface area contributed by atoms with Gasteiger partial charge in [-0.2, -0.15) is 0 Å². The molecule has 2 heterocycles. The molecular formula is C20H26N2O3. The zero-order valence-corrected chi connectivity index (χ0v) is 15.2. The summed E-state index contributed by atoms with van der Waals surface area (Å²) >= 11 is 0. The van der Waals surface area contributed by atoms with Crippen molar-refractivity contribution in [3.05, 3.63) is 29.3 Å². The van der Waals surface area contributed by atoms with Crippen molar-refractivity contribution in [1.82, 2.24) is 10.2 Å². The van der Waals surface area contributed by atoms with Gasteiger partial charge in [-0.05, 0) is 48.4 Å². The predicted octanol–water partition coefficient (Wildman–Crippen LogP) is 2.09. The minimum atomic E-state index is -0.328. The number of rotatable bonds is 2. The molecule has 1 spiro atoms. The predicted molar refractivity (Wildman–Crippen MR) is 94.2 cm³/mol. The van der Waals surface area contributed by atoms with E-state index in [1.54, 1.807) is 14.2 Å². The molecule has 4 unspecified atom stereocenters. The van der Waals surface area contributed by atoms with Gasteiger partial charge in [0, 0.05) is 31.8 Å². The van der Waals surface area contributed by atoms with Crippen LogP contribution in [-0.4, -0.2) is 37.4 Å². The molecule has 5 heteroatoms. The smallest absolute Gasteiger partial charge is 0.223 e. The highest BCUT2D eigenvalue weighted by Crippen LogP contribution is 2.60. The van der Waals surface area contributed by atoms with E-state index in [1.807, 2.05) is 6.07 Å². The summed E-state index contributed by atoms with van der Waals surface area (Å²) in [6.07, 6.45) is 3.25. The molecule has 2 fully saturated rings. The van der Waals surface area contributed by atoms with Crippen LogP contribution in [0.5, 0.6) is 5.75 Å². The molecule has 3 aliphatic rings. The third-order valence-electron chi connectivity index (χ3n) is 6.63. The van der Waals surface area contributed by atoms with Crippen LogP contribution in [0.4, 0.5) is 0 Å². The summed E-state index contributed by atoms with van der Waals surface area (Å²) in [5, 5.41) is 2.83. The highest BCUT2D eigenvalue weighted by molar-refractivity contribution is 5.86. The number of benzene rings is 1. The molecule has 0 radical (unpaired) electrons. The highest BCUT2D eigenvalue weighted by atomic mass is 16.5. The molecule has 2 aliphatic heterocycles. The van der Waals surface area contributed by atoms with Gasteiger partial charge in [0.25, 0.3) is 0 Å². The van der Waals surface area contributed by atoms with E-state index in [9.17, 15) is 9.59 Å². The number of nitrogens with one attached hydrogen (secondary N) is 1. The summed E-state index contributed by atoms with van der Waals surface area (Å²) < 4.78 is 5.42. The van der Waals surface area contributed by atoms with Crippen LogP contribution in [0.1, 0.15) is 37.3 Å². The summed E-state index contributed by atoms with van der Waals surface area (Å²) in [4.78, 5) is 27.5. The average Bonchev–Trinajstić information content (AvgIpc) is 2.96. The van der Waals surface area contributed by atoms with E-state index >= 15 is 0 Å². The molecule has 4 atom stereocenters. The number of fused-ring (bicyclic) bond motifs is 1. The largest absolute Gasteiger partial charge is 0.497 e. The van der Waals surface area contributed by atoms with Crippen LogP contribution in [0.15, 0.2) is 18.2 Å². The van der Waals surface area contributed by atoms with Crippen molar-refractivity contribution in [2.75, 3.05) is 20.7 Å². The maximum atomic E-state index is 12.8. The van der Waals surface area contributed by atoms with Crippen LogP contribution in [0.2, 0.25) is 0 Å². The molecular weight excluding hydrogens is 316 g/mol. The number of nitrogens with zero attached hydrogens (tertiary/aromatic N) is 1. The van der Waals surface area contributed by atoms with Crippen molar-refractivity contribution in [2.45, 2.75) is 38.1 Å². The van der Waals surface area contributed by atoms with E-state index in [2.05, 4.69) is 29.3 Å². The normalized spacial score (nSPS) is 33.3. The number of carbonyl (C=O) groups is 2. The lowest BCUT2D eigenvalue weighted by Crippen LogP contribution is -2.45. The van der Waals surface area contributed by atoms with Gasteiger partial charge in [-0.25, -0.2) is 0 Å². The molecule has 5 nitrogen and oxygen atoms in total. The Balaban J connectivity index is 1.89. The van der Waals surface area contributed by atoms with E-state index < -0.39 is 0 Å². The van der Waals surface area contributed by atoms with Crippen LogP contribution >= 0.6 is 0 Å². The number of carbonyl (C=O) groups excluding carboxylic acids is 2. The quantitative estimate of drug-likeness (QED) is 0.895. The van der Waals surface area contributed by atoms with Gasteiger partial charge in [0.1, 0.15) is 5.75 Å². The van der Waals surface area contributed by atoms with E-state index in [-0.39, 0.29) is 35.1 Å². The molecule has 4 rings (SSSR count). The first-order chi connectivity index (χ1) is 12.0. The Hall–Kier alpha value is -2.04. The fraction of sp³-hybridized carbons (Fsp3) is 0.600. The number of hydrogen-bond acceptors (Lipinski definition) is 3. The zero-order chi connectivity index (χ0) is 17.8. The molecule has 1 saturated heterocycles. The number of ether oxygens (including phenoxy) is 1. The summed E-state index contributed by atoms with van der Waals surface area (Å²) in [5.74, 6) is 1.34. The minimum Gasteiger partial charge on any atom is -0.497 e. The Labute approximate surface area is 148 Å². The Morgan fingerprint density at radius 1 is 1.40 bits per heavy atom. The molecule has 0 bridgehead atoms. The molecule has 1 saturated carbocycles. The molecule has 1 aliphatic carbocycles. The van der Waals surface area contributed by atoms with Crippen molar-refractivity contribution in [3.63, 3.8) is 0 Å². The molecule has 1 N–H and O–H groups in total. The molecule has 25 heavy (non-hydrogen) atoms. The Kier molecular flexibility index (Phi) is 3.78. The minimum absolute atomic E-state index is 0.0557. The van der Waals surface area contributed by atoms with Crippen molar-refractivity contribution in [1.29, 1.82) is 0 Å². The second-order valence-corrected chi connectivity index (χ2v) is 7.73. The standard InChI is InChI=1S/C20H26N2O3/c1-12-11-20-15-7-6-14(25-3)9-13(15)5-4-8-22(20)17(23)10-16(20)18(12)19(24)21-2/h6-7,9,12,16,18H,4-5,8,10-11H2,1-3H3,(H,21,24). The molecule has 134 valence electrons. The molecule has 1 aromatic rings. The lowest BCUT2D eigenvalue weighted by molar-refractivity contribution is -0.131.